The SMILES string of the molecule is CC1CCNC(c2cccs2)CS1(=O)=O. The van der Waals surface area contributed by atoms with E-state index < -0.39 is 9.84 Å². The predicted molar refractivity (Wildman–Crippen MR) is 62.9 cm³/mol. The lowest BCUT2D eigenvalue weighted by atomic mass is 10.2. The van der Waals surface area contributed by atoms with Gasteiger partial charge in [-0.25, -0.2) is 8.42 Å². The van der Waals surface area contributed by atoms with E-state index in [4.69, 9.17) is 0 Å². The number of thiophene rings is 1. The maximum Gasteiger partial charge on any atom is 0.154 e. The summed E-state index contributed by atoms with van der Waals surface area (Å²) in [6.45, 7) is 2.58. The van der Waals surface area contributed by atoms with E-state index >= 15 is 0 Å². The van der Waals surface area contributed by atoms with Crippen LogP contribution in [0, 0.1) is 0 Å². The highest BCUT2D eigenvalue weighted by atomic mass is 32.2. The van der Waals surface area contributed by atoms with Crippen molar-refractivity contribution >= 4 is 21.2 Å². The third kappa shape index (κ3) is 2.41. The Kier molecular flexibility index (Phi) is 3.13. The Morgan fingerprint density at radius 3 is 3.00 bits per heavy atom. The summed E-state index contributed by atoms with van der Waals surface area (Å²) in [5.41, 5.74) is 0. The van der Waals surface area contributed by atoms with Crippen LogP contribution in [-0.4, -0.2) is 26.0 Å². The van der Waals surface area contributed by atoms with Gasteiger partial charge in [0.05, 0.1) is 17.0 Å². The molecule has 1 N–H and O–H groups in total. The zero-order valence-electron chi connectivity index (χ0n) is 8.64. The molecule has 1 aromatic heterocycles. The maximum atomic E-state index is 11.9. The number of hydrogen-bond donors (Lipinski definition) is 1. The molecule has 1 aliphatic heterocycles. The van der Waals surface area contributed by atoms with Crippen molar-refractivity contribution in [2.75, 3.05) is 12.3 Å². The fraction of sp³-hybridized carbons (Fsp3) is 0.600. The number of sulfone groups is 1. The Labute approximate surface area is 94.4 Å². The van der Waals surface area contributed by atoms with Crippen LogP contribution >= 0.6 is 11.3 Å². The smallest absolute Gasteiger partial charge is 0.154 e. The normalized spacial score (nSPS) is 31.0. The Morgan fingerprint density at radius 1 is 1.53 bits per heavy atom. The summed E-state index contributed by atoms with van der Waals surface area (Å²) in [5, 5.41) is 5.07. The van der Waals surface area contributed by atoms with Crippen molar-refractivity contribution in [1.29, 1.82) is 0 Å². The molecule has 0 aliphatic carbocycles. The molecule has 0 bridgehead atoms. The van der Waals surface area contributed by atoms with Crippen LogP contribution in [0.4, 0.5) is 0 Å². The molecule has 15 heavy (non-hydrogen) atoms. The van der Waals surface area contributed by atoms with Crippen LogP contribution < -0.4 is 5.32 Å². The lowest BCUT2D eigenvalue weighted by Gasteiger charge is -2.13. The van der Waals surface area contributed by atoms with Crippen LogP contribution in [-0.2, 0) is 9.84 Å². The molecule has 0 aromatic carbocycles. The van der Waals surface area contributed by atoms with E-state index in [2.05, 4.69) is 5.32 Å². The molecular formula is C10H15NO2S2. The largest absolute Gasteiger partial charge is 0.308 e. The van der Waals surface area contributed by atoms with Gasteiger partial charge in [-0.05, 0) is 31.3 Å². The van der Waals surface area contributed by atoms with Crippen molar-refractivity contribution < 1.29 is 8.42 Å². The van der Waals surface area contributed by atoms with Gasteiger partial charge in [-0.2, -0.15) is 0 Å². The van der Waals surface area contributed by atoms with Gasteiger partial charge in [0.1, 0.15) is 0 Å². The molecule has 0 amide bonds. The molecule has 5 heteroatoms. The summed E-state index contributed by atoms with van der Waals surface area (Å²) >= 11 is 1.61. The van der Waals surface area contributed by atoms with Gasteiger partial charge >= 0.3 is 0 Å². The highest BCUT2D eigenvalue weighted by molar-refractivity contribution is 7.92. The fourth-order valence-electron chi connectivity index (χ4n) is 1.77. The van der Waals surface area contributed by atoms with Crippen molar-refractivity contribution in [1.82, 2.24) is 5.32 Å². The van der Waals surface area contributed by atoms with Crippen molar-refractivity contribution in [2.24, 2.45) is 0 Å². The first-order chi connectivity index (χ1) is 7.09. The van der Waals surface area contributed by atoms with E-state index in [1.165, 1.54) is 0 Å². The predicted octanol–water partition coefficient (Wildman–Crippen LogP) is 1.59. The molecule has 0 saturated carbocycles. The van der Waals surface area contributed by atoms with Crippen LogP contribution in [0.3, 0.4) is 0 Å². The lowest BCUT2D eigenvalue weighted by molar-refractivity contribution is 0.576. The van der Waals surface area contributed by atoms with Crippen LogP contribution in [0.2, 0.25) is 0 Å². The maximum absolute atomic E-state index is 11.9. The van der Waals surface area contributed by atoms with Gasteiger partial charge in [0.25, 0.3) is 0 Å². The first-order valence-electron chi connectivity index (χ1n) is 5.08. The number of hydrogen-bond acceptors (Lipinski definition) is 4. The second-order valence-corrected chi connectivity index (χ2v) is 7.39. The molecule has 1 aliphatic rings. The minimum absolute atomic E-state index is 0.0139. The molecule has 2 atom stereocenters. The zero-order chi connectivity index (χ0) is 10.9. The van der Waals surface area contributed by atoms with Crippen molar-refractivity contribution in [3.8, 4) is 0 Å². The Bertz CT molecular complexity index is 411. The minimum atomic E-state index is -2.93. The van der Waals surface area contributed by atoms with Gasteiger partial charge < -0.3 is 5.32 Å². The third-order valence-electron chi connectivity index (χ3n) is 2.84. The van der Waals surface area contributed by atoms with Crippen molar-refractivity contribution in [2.45, 2.75) is 24.6 Å². The van der Waals surface area contributed by atoms with E-state index in [1.54, 1.807) is 18.3 Å². The molecule has 84 valence electrons. The molecule has 1 aromatic rings. The summed E-state index contributed by atoms with van der Waals surface area (Å²) in [5.74, 6) is 0.231. The third-order valence-corrected chi connectivity index (χ3v) is 6.09. The Morgan fingerprint density at radius 2 is 2.33 bits per heavy atom. The monoisotopic (exact) mass is 245 g/mol. The summed E-state index contributed by atoms with van der Waals surface area (Å²) in [4.78, 5) is 1.12. The summed E-state index contributed by atoms with van der Waals surface area (Å²) < 4.78 is 23.7. The molecule has 1 fully saturated rings. The summed E-state index contributed by atoms with van der Waals surface area (Å²) in [6.07, 6.45) is 0.713. The molecule has 2 heterocycles. The topological polar surface area (TPSA) is 46.2 Å². The van der Waals surface area contributed by atoms with Crippen LogP contribution in [0.25, 0.3) is 0 Å². The minimum Gasteiger partial charge on any atom is -0.308 e. The first-order valence-corrected chi connectivity index (χ1v) is 7.67. The quantitative estimate of drug-likeness (QED) is 0.817. The van der Waals surface area contributed by atoms with Gasteiger partial charge in [-0.3, -0.25) is 0 Å². The molecule has 1 saturated heterocycles. The summed E-state index contributed by atoms with van der Waals surface area (Å²) in [7, 11) is -2.93. The van der Waals surface area contributed by atoms with Gasteiger partial charge in [0.2, 0.25) is 0 Å². The second kappa shape index (κ2) is 4.23. The molecule has 0 spiro atoms. The van der Waals surface area contributed by atoms with Crippen molar-refractivity contribution in [3.63, 3.8) is 0 Å². The van der Waals surface area contributed by atoms with E-state index in [0.29, 0.717) is 6.42 Å². The number of nitrogens with one attached hydrogen (secondary N) is 1. The van der Waals surface area contributed by atoms with Gasteiger partial charge in [0, 0.05) is 4.88 Å². The highest BCUT2D eigenvalue weighted by Crippen LogP contribution is 2.24. The Hall–Kier alpha value is -0.390. The van der Waals surface area contributed by atoms with Crippen LogP contribution in [0.5, 0.6) is 0 Å². The van der Waals surface area contributed by atoms with E-state index in [-0.39, 0.29) is 17.0 Å². The van der Waals surface area contributed by atoms with E-state index in [9.17, 15) is 8.42 Å². The molecule has 3 nitrogen and oxygen atoms in total. The molecule has 0 radical (unpaired) electrons. The average molecular weight is 245 g/mol. The molecule has 2 rings (SSSR count). The Balaban J connectivity index is 2.23. The highest BCUT2D eigenvalue weighted by Gasteiger charge is 2.29. The van der Waals surface area contributed by atoms with Crippen molar-refractivity contribution in [3.05, 3.63) is 22.4 Å². The number of rotatable bonds is 1. The lowest BCUT2D eigenvalue weighted by Crippen LogP contribution is -2.25. The standard InChI is InChI=1S/C10H15NO2S2/c1-8-4-5-11-9(7-15(8,12)13)10-3-2-6-14-10/h2-3,6,8-9,11H,4-5,7H2,1H3. The van der Waals surface area contributed by atoms with Crippen LogP contribution in [0.1, 0.15) is 24.3 Å². The second-order valence-electron chi connectivity index (χ2n) is 3.95. The molecular weight excluding hydrogens is 230 g/mol. The van der Waals surface area contributed by atoms with E-state index in [0.717, 1.165) is 11.4 Å². The van der Waals surface area contributed by atoms with E-state index in [1.807, 2.05) is 17.5 Å². The van der Waals surface area contributed by atoms with Gasteiger partial charge in [-0.15, -0.1) is 11.3 Å². The first kappa shape index (κ1) is 11.1. The van der Waals surface area contributed by atoms with Crippen LogP contribution in [0.15, 0.2) is 17.5 Å². The zero-order valence-corrected chi connectivity index (χ0v) is 10.3. The van der Waals surface area contributed by atoms with Gasteiger partial charge in [-0.1, -0.05) is 6.07 Å². The summed E-state index contributed by atoms with van der Waals surface area (Å²) in [6, 6.07) is 3.94. The fourth-order valence-corrected chi connectivity index (χ4v) is 4.24. The average Bonchev–Trinajstić information content (AvgIpc) is 2.64. The molecule has 2 unspecified atom stereocenters. The van der Waals surface area contributed by atoms with Gasteiger partial charge in [0.15, 0.2) is 9.84 Å².